The van der Waals surface area contributed by atoms with Crippen LogP contribution in [0.5, 0.6) is 0 Å². The first-order valence-corrected chi connectivity index (χ1v) is 9.96. The Morgan fingerprint density at radius 2 is 1.92 bits per heavy atom. The van der Waals surface area contributed by atoms with E-state index in [9.17, 15) is 4.79 Å². The Balaban J connectivity index is 0.00000338. The van der Waals surface area contributed by atoms with E-state index in [0.29, 0.717) is 0 Å². The molecule has 1 N–H and O–H groups in total. The standard InChI is InChI=1S/C19H30N4OS.HI/c1-16-9-12-23(13-10-16)19(21-15-18(24)22(2)3)20-11-14-25-17-7-5-4-6-8-17;/h4-8,16H,9-15H2,1-3H3,(H,20,21);1H. The first-order valence-electron chi connectivity index (χ1n) is 8.97. The number of likely N-dealkylation sites (tertiary alicyclic amines) is 1. The number of carbonyl (C=O) groups excluding carboxylic acids is 1. The van der Waals surface area contributed by atoms with E-state index in [1.165, 1.54) is 17.7 Å². The summed E-state index contributed by atoms with van der Waals surface area (Å²) in [4.78, 5) is 21.6. The van der Waals surface area contributed by atoms with E-state index in [4.69, 9.17) is 0 Å². The number of nitrogens with zero attached hydrogens (tertiary/aromatic N) is 3. The van der Waals surface area contributed by atoms with Gasteiger partial charge in [-0.1, -0.05) is 25.1 Å². The van der Waals surface area contributed by atoms with Gasteiger partial charge in [-0.2, -0.15) is 0 Å². The molecule has 1 aromatic carbocycles. The van der Waals surface area contributed by atoms with E-state index in [1.807, 2.05) is 17.8 Å². The minimum Gasteiger partial charge on any atom is -0.355 e. The summed E-state index contributed by atoms with van der Waals surface area (Å²) in [5, 5.41) is 3.45. The van der Waals surface area contributed by atoms with Gasteiger partial charge in [0.2, 0.25) is 5.91 Å². The minimum atomic E-state index is 0. The molecule has 1 aromatic rings. The number of hydrogen-bond donors (Lipinski definition) is 1. The molecule has 2 rings (SSSR count). The molecule has 1 aliphatic heterocycles. The highest BCUT2D eigenvalue weighted by atomic mass is 127. The van der Waals surface area contributed by atoms with Crippen molar-refractivity contribution in [2.24, 2.45) is 10.9 Å². The van der Waals surface area contributed by atoms with Crippen molar-refractivity contribution >= 4 is 47.6 Å². The summed E-state index contributed by atoms with van der Waals surface area (Å²) in [7, 11) is 3.54. The van der Waals surface area contributed by atoms with E-state index in [0.717, 1.165) is 37.3 Å². The summed E-state index contributed by atoms with van der Waals surface area (Å²) in [6.07, 6.45) is 2.36. The number of aliphatic imine (C=N–C) groups is 1. The molecular formula is C19H31IN4OS. The smallest absolute Gasteiger partial charge is 0.243 e. The predicted molar refractivity (Wildman–Crippen MR) is 122 cm³/mol. The molecular weight excluding hydrogens is 459 g/mol. The van der Waals surface area contributed by atoms with Gasteiger partial charge in [0, 0.05) is 44.4 Å². The first-order chi connectivity index (χ1) is 12.1. The van der Waals surface area contributed by atoms with E-state index in [1.54, 1.807) is 19.0 Å². The molecule has 0 bridgehead atoms. The van der Waals surface area contributed by atoms with Crippen molar-refractivity contribution in [3.63, 3.8) is 0 Å². The Morgan fingerprint density at radius 1 is 1.27 bits per heavy atom. The second-order valence-corrected chi connectivity index (χ2v) is 7.85. The highest BCUT2D eigenvalue weighted by Gasteiger charge is 2.19. The zero-order chi connectivity index (χ0) is 18.1. The molecule has 1 amide bonds. The molecule has 0 atom stereocenters. The average molecular weight is 490 g/mol. The molecule has 1 heterocycles. The van der Waals surface area contributed by atoms with Crippen LogP contribution in [0, 0.1) is 5.92 Å². The van der Waals surface area contributed by atoms with E-state index in [-0.39, 0.29) is 36.4 Å². The monoisotopic (exact) mass is 490 g/mol. The van der Waals surface area contributed by atoms with Crippen LogP contribution in [0.1, 0.15) is 19.8 Å². The van der Waals surface area contributed by atoms with E-state index >= 15 is 0 Å². The number of amides is 1. The van der Waals surface area contributed by atoms with Gasteiger partial charge in [0.1, 0.15) is 6.54 Å². The van der Waals surface area contributed by atoms with Crippen molar-refractivity contribution in [1.29, 1.82) is 0 Å². The zero-order valence-corrected chi connectivity index (χ0v) is 19.1. The maximum absolute atomic E-state index is 11.9. The van der Waals surface area contributed by atoms with Gasteiger partial charge in [-0.25, -0.2) is 4.99 Å². The third kappa shape index (κ3) is 8.16. The van der Waals surface area contributed by atoms with Crippen molar-refractivity contribution < 1.29 is 4.79 Å². The molecule has 0 spiro atoms. The van der Waals surface area contributed by atoms with E-state index < -0.39 is 0 Å². The number of hydrogen-bond acceptors (Lipinski definition) is 3. The number of benzene rings is 1. The van der Waals surface area contributed by atoms with Gasteiger partial charge in [-0.05, 0) is 30.9 Å². The third-order valence-electron chi connectivity index (χ3n) is 4.34. The lowest BCUT2D eigenvalue weighted by Gasteiger charge is -2.33. The lowest BCUT2D eigenvalue weighted by atomic mass is 10.00. The molecule has 5 nitrogen and oxygen atoms in total. The van der Waals surface area contributed by atoms with Crippen LogP contribution in [-0.4, -0.2) is 67.7 Å². The van der Waals surface area contributed by atoms with Gasteiger partial charge >= 0.3 is 0 Å². The number of likely N-dealkylation sites (N-methyl/N-ethyl adjacent to an activating group) is 1. The summed E-state index contributed by atoms with van der Waals surface area (Å²) in [5.74, 6) is 2.64. The van der Waals surface area contributed by atoms with Crippen LogP contribution in [0.2, 0.25) is 0 Å². The molecule has 0 saturated carbocycles. The Morgan fingerprint density at radius 3 is 2.54 bits per heavy atom. The van der Waals surface area contributed by atoms with Gasteiger partial charge < -0.3 is 15.1 Å². The molecule has 0 unspecified atom stereocenters. The normalized spacial score (nSPS) is 15.3. The fourth-order valence-corrected chi connectivity index (χ4v) is 3.41. The minimum absolute atomic E-state index is 0. The van der Waals surface area contributed by atoms with Crippen LogP contribution in [-0.2, 0) is 4.79 Å². The van der Waals surface area contributed by atoms with Gasteiger partial charge in [0.15, 0.2) is 5.96 Å². The predicted octanol–water partition coefficient (Wildman–Crippen LogP) is 3.16. The van der Waals surface area contributed by atoms with Gasteiger partial charge in [0.25, 0.3) is 0 Å². The Bertz CT molecular complexity index is 560. The number of rotatable bonds is 6. The molecule has 146 valence electrons. The zero-order valence-electron chi connectivity index (χ0n) is 16.0. The molecule has 0 aliphatic carbocycles. The van der Waals surface area contributed by atoms with Crippen LogP contribution in [0.3, 0.4) is 0 Å². The second-order valence-electron chi connectivity index (χ2n) is 6.69. The van der Waals surface area contributed by atoms with Crippen molar-refractivity contribution in [3.8, 4) is 0 Å². The Hall–Kier alpha value is -0.960. The molecule has 0 radical (unpaired) electrons. The Labute approximate surface area is 179 Å². The van der Waals surface area contributed by atoms with Crippen molar-refractivity contribution in [2.75, 3.05) is 46.0 Å². The SMILES string of the molecule is CC1CCN(C(=NCC(=O)N(C)C)NCCSc2ccccc2)CC1.I. The topological polar surface area (TPSA) is 47.9 Å². The number of halogens is 1. The van der Waals surface area contributed by atoms with Crippen LogP contribution in [0.25, 0.3) is 0 Å². The summed E-state index contributed by atoms with van der Waals surface area (Å²) in [6, 6.07) is 10.4. The second kappa shape index (κ2) is 12.4. The maximum atomic E-state index is 11.9. The van der Waals surface area contributed by atoms with Crippen LogP contribution in [0.4, 0.5) is 0 Å². The fourth-order valence-electron chi connectivity index (χ4n) is 2.62. The largest absolute Gasteiger partial charge is 0.355 e. The highest BCUT2D eigenvalue weighted by molar-refractivity contribution is 14.0. The fraction of sp³-hybridized carbons (Fsp3) is 0.579. The molecule has 1 aliphatic rings. The van der Waals surface area contributed by atoms with Crippen LogP contribution < -0.4 is 5.32 Å². The van der Waals surface area contributed by atoms with Gasteiger partial charge in [-0.3, -0.25) is 4.79 Å². The average Bonchev–Trinajstić information content (AvgIpc) is 2.62. The number of carbonyl (C=O) groups is 1. The summed E-state index contributed by atoms with van der Waals surface area (Å²) < 4.78 is 0. The molecule has 7 heteroatoms. The quantitative estimate of drug-likeness (QED) is 0.219. The molecule has 0 aromatic heterocycles. The highest BCUT2D eigenvalue weighted by Crippen LogP contribution is 2.17. The summed E-state index contributed by atoms with van der Waals surface area (Å²) in [5.41, 5.74) is 0. The number of nitrogens with one attached hydrogen (secondary N) is 1. The maximum Gasteiger partial charge on any atom is 0.243 e. The lowest BCUT2D eigenvalue weighted by Crippen LogP contribution is -2.46. The van der Waals surface area contributed by atoms with E-state index in [2.05, 4.69) is 46.4 Å². The lowest BCUT2D eigenvalue weighted by molar-refractivity contribution is -0.127. The van der Waals surface area contributed by atoms with Crippen LogP contribution >= 0.6 is 35.7 Å². The number of guanidine groups is 1. The van der Waals surface area contributed by atoms with Crippen molar-refractivity contribution in [3.05, 3.63) is 30.3 Å². The summed E-state index contributed by atoms with van der Waals surface area (Å²) >= 11 is 1.83. The van der Waals surface area contributed by atoms with Gasteiger partial charge in [-0.15, -0.1) is 35.7 Å². The van der Waals surface area contributed by atoms with Crippen molar-refractivity contribution in [1.82, 2.24) is 15.1 Å². The van der Waals surface area contributed by atoms with Gasteiger partial charge in [0.05, 0.1) is 0 Å². The molecule has 1 fully saturated rings. The molecule has 26 heavy (non-hydrogen) atoms. The first kappa shape index (κ1) is 23.1. The summed E-state index contributed by atoms with van der Waals surface area (Å²) in [6.45, 7) is 5.35. The number of thioether (sulfide) groups is 1. The Kier molecular flexibility index (Phi) is 11.0. The third-order valence-corrected chi connectivity index (χ3v) is 5.36. The van der Waals surface area contributed by atoms with Crippen LogP contribution in [0.15, 0.2) is 40.2 Å². The van der Waals surface area contributed by atoms with Crippen molar-refractivity contribution in [2.45, 2.75) is 24.7 Å². The number of piperidine rings is 1. The molecule has 1 saturated heterocycles.